The van der Waals surface area contributed by atoms with Crippen molar-refractivity contribution in [2.24, 2.45) is 11.8 Å². The van der Waals surface area contributed by atoms with Crippen LogP contribution in [0.25, 0.3) is 0 Å². The van der Waals surface area contributed by atoms with Crippen LogP contribution in [0.1, 0.15) is 55.6 Å². The van der Waals surface area contributed by atoms with Crippen LogP contribution in [-0.4, -0.2) is 87.6 Å². The molecule has 0 spiro atoms. The van der Waals surface area contributed by atoms with Crippen molar-refractivity contribution in [3.8, 4) is 0 Å². The fraction of sp³-hybridized carbons (Fsp3) is 0.533. The molecule has 1 unspecified atom stereocenters. The first-order chi connectivity index (χ1) is 20.4. The first-order valence-electron chi connectivity index (χ1n) is 14.6. The number of benzene rings is 1. The van der Waals surface area contributed by atoms with Crippen molar-refractivity contribution >= 4 is 29.5 Å². The molecule has 43 heavy (non-hydrogen) atoms. The van der Waals surface area contributed by atoms with E-state index in [-0.39, 0.29) is 55.0 Å². The molecule has 1 aromatic carbocycles. The molecule has 1 aromatic heterocycles. The lowest BCUT2D eigenvalue weighted by Crippen LogP contribution is -2.54. The number of amides is 3. The molecule has 3 saturated heterocycles. The fourth-order valence-electron chi connectivity index (χ4n) is 6.27. The van der Waals surface area contributed by atoms with Crippen LogP contribution < -0.4 is 10.2 Å². The predicted octanol–water partition coefficient (Wildman–Crippen LogP) is 2.94. The quantitative estimate of drug-likeness (QED) is 0.520. The minimum Gasteiger partial charge on any atom is -0.344 e. The Hall–Kier alpha value is -4.03. The van der Waals surface area contributed by atoms with Crippen molar-refractivity contribution in [3.63, 3.8) is 0 Å². The maximum absolute atomic E-state index is 13.8. The van der Waals surface area contributed by atoms with Gasteiger partial charge in [-0.15, -0.1) is 0 Å². The molecule has 13 heteroatoms. The number of hydrogen-bond donors (Lipinski definition) is 1. The first-order valence-corrected chi connectivity index (χ1v) is 14.6. The molecular weight excluding hydrogens is 565 g/mol. The van der Waals surface area contributed by atoms with Crippen LogP contribution in [0.3, 0.4) is 0 Å². The van der Waals surface area contributed by atoms with Crippen LogP contribution in [0.4, 0.5) is 19.1 Å². The number of halogens is 3. The van der Waals surface area contributed by atoms with E-state index in [4.69, 9.17) is 0 Å². The number of nitrogens with one attached hydrogen (secondary N) is 1. The van der Waals surface area contributed by atoms with Crippen LogP contribution in [0, 0.1) is 11.8 Å². The molecule has 2 aromatic rings. The number of ketones is 1. The van der Waals surface area contributed by atoms with Crippen LogP contribution in [0.5, 0.6) is 0 Å². The molecule has 0 bridgehead atoms. The van der Waals surface area contributed by atoms with Crippen LogP contribution in [-0.2, 0) is 20.6 Å². The van der Waals surface area contributed by atoms with E-state index in [2.05, 4.69) is 15.3 Å². The van der Waals surface area contributed by atoms with Gasteiger partial charge in [-0.1, -0.05) is 32.0 Å². The van der Waals surface area contributed by atoms with E-state index >= 15 is 0 Å². The van der Waals surface area contributed by atoms with Gasteiger partial charge in [0, 0.05) is 37.3 Å². The summed E-state index contributed by atoms with van der Waals surface area (Å²) in [5.74, 6) is -1.50. The van der Waals surface area contributed by atoms with E-state index in [1.807, 2.05) is 19.9 Å². The van der Waals surface area contributed by atoms with E-state index in [9.17, 15) is 32.3 Å². The normalized spacial score (nSPS) is 21.7. The number of carbonyl (C=O) groups is 4. The molecule has 1 N–H and O–H groups in total. The molecule has 0 aliphatic carbocycles. The van der Waals surface area contributed by atoms with E-state index in [0.29, 0.717) is 37.8 Å². The number of nitrogens with zero attached hydrogens (tertiary/aromatic N) is 5. The van der Waals surface area contributed by atoms with E-state index in [1.165, 1.54) is 4.90 Å². The standard InChI is InChI=1S/C30H35F3N6O4/c1-18(2)16-21(35-26(41)19-9-13-37(14-10-19)29-34-12-8-24(36-29)30(31,32)33)28(43)38-15-11-22-25(38)23(40)17-39(22)27(42)20-6-4-3-5-7-20/h3-8,12,18-19,21-22,25H,9-11,13-17H2,1-2H3,(H,35,41)/t21-,22+,25?/m0/s1. The Labute approximate surface area is 247 Å². The van der Waals surface area contributed by atoms with Gasteiger partial charge in [-0.05, 0) is 49.8 Å². The van der Waals surface area contributed by atoms with Crippen molar-refractivity contribution in [2.75, 3.05) is 31.1 Å². The topological polar surface area (TPSA) is 116 Å². The Bertz CT molecular complexity index is 1360. The molecule has 230 valence electrons. The predicted molar refractivity (Wildman–Crippen MR) is 150 cm³/mol. The van der Waals surface area contributed by atoms with Crippen molar-refractivity contribution < 1.29 is 32.3 Å². The number of fused-ring (bicyclic) bond motifs is 1. The molecular formula is C30H35F3N6O4. The van der Waals surface area contributed by atoms with Gasteiger partial charge in [0.15, 0.2) is 5.78 Å². The smallest absolute Gasteiger partial charge is 0.344 e. The first kappa shape index (κ1) is 30.4. The number of alkyl halides is 3. The SMILES string of the molecule is CC(C)C[C@H](NC(=O)C1CCN(c2nccc(C(F)(F)F)n2)CC1)C(=O)N1CC[C@@H]2C1C(=O)CN2C(=O)c1ccccc1. The molecule has 4 heterocycles. The molecule has 5 rings (SSSR count). The molecule has 10 nitrogen and oxygen atoms in total. The zero-order valence-corrected chi connectivity index (χ0v) is 24.1. The van der Waals surface area contributed by atoms with Crippen LogP contribution >= 0.6 is 0 Å². The van der Waals surface area contributed by atoms with E-state index in [0.717, 1.165) is 12.3 Å². The summed E-state index contributed by atoms with van der Waals surface area (Å²) in [5, 5.41) is 2.91. The minimum absolute atomic E-state index is 0.0360. The Morgan fingerprint density at radius 1 is 1.00 bits per heavy atom. The molecule has 3 atom stereocenters. The Morgan fingerprint density at radius 3 is 2.35 bits per heavy atom. The Morgan fingerprint density at radius 2 is 1.70 bits per heavy atom. The van der Waals surface area contributed by atoms with Gasteiger partial charge in [-0.2, -0.15) is 13.2 Å². The second kappa shape index (κ2) is 12.3. The maximum Gasteiger partial charge on any atom is 0.433 e. The summed E-state index contributed by atoms with van der Waals surface area (Å²) in [6, 6.07) is 7.53. The van der Waals surface area contributed by atoms with Gasteiger partial charge in [0.25, 0.3) is 5.91 Å². The third-order valence-corrected chi connectivity index (χ3v) is 8.39. The lowest BCUT2D eigenvalue weighted by molar-refractivity contribution is -0.141. The third kappa shape index (κ3) is 6.50. The van der Waals surface area contributed by atoms with Gasteiger partial charge in [0.05, 0.1) is 12.6 Å². The number of piperidine rings is 1. The summed E-state index contributed by atoms with van der Waals surface area (Å²) in [6.07, 6.45) is -1.95. The molecule has 3 aliphatic rings. The lowest BCUT2D eigenvalue weighted by Gasteiger charge is -2.33. The Balaban J connectivity index is 1.22. The van der Waals surface area contributed by atoms with Crippen LogP contribution in [0.2, 0.25) is 0 Å². The van der Waals surface area contributed by atoms with Gasteiger partial charge in [0.2, 0.25) is 17.8 Å². The number of hydrogen-bond acceptors (Lipinski definition) is 7. The summed E-state index contributed by atoms with van der Waals surface area (Å²) in [7, 11) is 0. The molecule has 0 radical (unpaired) electrons. The molecule has 3 fully saturated rings. The Kier molecular flexibility index (Phi) is 8.70. The number of Topliss-reactive ketones (excluding diaryl/α,β-unsaturated/α-hetero) is 1. The second-order valence-electron chi connectivity index (χ2n) is 11.8. The number of likely N-dealkylation sites (tertiary alicyclic amines) is 2. The van der Waals surface area contributed by atoms with E-state index in [1.54, 1.807) is 34.1 Å². The number of aromatic nitrogens is 2. The molecule has 0 saturated carbocycles. The minimum atomic E-state index is -4.58. The number of carbonyl (C=O) groups excluding carboxylic acids is 4. The van der Waals surface area contributed by atoms with Crippen molar-refractivity contribution in [1.82, 2.24) is 25.1 Å². The highest BCUT2D eigenvalue weighted by Gasteiger charge is 2.52. The highest BCUT2D eigenvalue weighted by atomic mass is 19.4. The van der Waals surface area contributed by atoms with Gasteiger partial charge in [-0.3, -0.25) is 19.2 Å². The average Bonchev–Trinajstić information content (AvgIpc) is 3.57. The molecule has 3 amide bonds. The second-order valence-corrected chi connectivity index (χ2v) is 11.8. The summed E-state index contributed by atoms with van der Waals surface area (Å²) < 4.78 is 39.2. The van der Waals surface area contributed by atoms with Crippen molar-refractivity contribution in [1.29, 1.82) is 0 Å². The van der Waals surface area contributed by atoms with Gasteiger partial charge in [0.1, 0.15) is 17.8 Å². The van der Waals surface area contributed by atoms with Crippen molar-refractivity contribution in [3.05, 3.63) is 53.9 Å². The highest BCUT2D eigenvalue weighted by Crippen LogP contribution is 2.32. The van der Waals surface area contributed by atoms with Gasteiger partial charge < -0.3 is 20.0 Å². The monoisotopic (exact) mass is 600 g/mol. The third-order valence-electron chi connectivity index (χ3n) is 8.39. The number of anilines is 1. The average molecular weight is 601 g/mol. The van der Waals surface area contributed by atoms with Crippen molar-refractivity contribution in [2.45, 2.75) is 63.8 Å². The zero-order valence-electron chi connectivity index (χ0n) is 24.1. The largest absolute Gasteiger partial charge is 0.433 e. The fourth-order valence-corrected chi connectivity index (χ4v) is 6.27. The summed E-state index contributed by atoms with van der Waals surface area (Å²) in [6.45, 7) is 4.69. The summed E-state index contributed by atoms with van der Waals surface area (Å²) in [4.78, 5) is 65.7. The highest BCUT2D eigenvalue weighted by molar-refractivity contribution is 6.03. The van der Waals surface area contributed by atoms with Crippen LogP contribution in [0.15, 0.2) is 42.6 Å². The van der Waals surface area contributed by atoms with E-state index < -0.39 is 35.9 Å². The van der Waals surface area contributed by atoms with Gasteiger partial charge in [-0.25, -0.2) is 9.97 Å². The molecule has 3 aliphatic heterocycles. The summed E-state index contributed by atoms with van der Waals surface area (Å²) >= 11 is 0. The lowest BCUT2D eigenvalue weighted by atomic mass is 9.94. The zero-order chi connectivity index (χ0) is 30.9. The number of rotatable bonds is 7. The maximum atomic E-state index is 13.8. The van der Waals surface area contributed by atoms with Gasteiger partial charge >= 0.3 is 6.18 Å². The summed E-state index contributed by atoms with van der Waals surface area (Å²) in [5.41, 5.74) is -0.541.